The topological polar surface area (TPSA) is 70.9 Å². The molecule has 2 rings (SSSR count). The highest BCUT2D eigenvalue weighted by Crippen LogP contribution is 2.13. The number of rotatable bonds is 2. The van der Waals surface area contributed by atoms with Crippen molar-refractivity contribution in [3.63, 3.8) is 0 Å². The molecule has 2 amide bonds. The van der Waals surface area contributed by atoms with E-state index in [2.05, 4.69) is 10.3 Å². The molecule has 0 aliphatic rings. The van der Waals surface area contributed by atoms with E-state index in [9.17, 15) is 4.79 Å². The fourth-order valence-electron chi connectivity index (χ4n) is 1.39. The van der Waals surface area contributed by atoms with Crippen molar-refractivity contribution in [3.8, 4) is 0 Å². The van der Waals surface area contributed by atoms with Crippen LogP contribution in [0.1, 0.15) is 5.56 Å². The molecule has 1 aromatic heterocycles. The van der Waals surface area contributed by atoms with Crippen molar-refractivity contribution < 1.29 is 4.79 Å². The van der Waals surface area contributed by atoms with Crippen LogP contribution in [-0.4, -0.2) is 11.0 Å². The third-order valence-electron chi connectivity index (χ3n) is 2.09. The Morgan fingerprint density at radius 3 is 3.07 bits per heavy atom. The number of carbonyl (C=O) groups excluding carboxylic acids is 1. The number of nitrogens with one attached hydrogen (secondary N) is 2. The minimum Gasteiger partial charge on any atom is -0.361 e. The van der Waals surface area contributed by atoms with Crippen LogP contribution in [0, 0.1) is 0 Å². The maximum Gasteiger partial charge on any atom is 0.312 e. The molecule has 0 aliphatic heterocycles. The fourth-order valence-corrected chi connectivity index (χ4v) is 1.39. The number of urea groups is 1. The quantitative estimate of drug-likeness (QED) is 0.655. The molecule has 0 aliphatic carbocycles. The Hall–Kier alpha value is -1.97. The first-order valence-electron chi connectivity index (χ1n) is 4.35. The number of aromatic nitrogens is 1. The molecule has 0 radical (unpaired) electrons. The normalized spacial score (nSPS) is 10.3. The number of benzene rings is 1. The van der Waals surface area contributed by atoms with E-state index < -0.39 is 6.03 Å². The second-order valence-electron chi connectivity index (χ2n) is 3.12. The third kappa shape index (κ3) is 1.69. The molecular formula is C10H11N3O. The summed E-state index contributed by atoms with van der Waals surface area (Å²) in [5.74, 6) is 0. The van der Waals surface area contributed by atoms with Gasteiger partial charge in [-0.05, 0) is 23.1 Å². The summed E-state index contributed by atoms with van der Waals surface area (Å²) in [5.41, 5.74) is 7.07. The van der Waals surface area contributed by atoms with E-state index in [-0.39, 0.29) is 0 Å². The Morgan fingerprint density at radius 2 is 2.29 bits per heavy atom. The van der Waals surface area contributed by atoms with Gasteiger partial charge in [0.15, 0.2) is 0 Å². The number of hydrogen-bond acceptors (Lipinski definition) is 1. The van der Waals surface area contributed by atoms with Gasteiger partial charge in [0.25, 0.3) is 0 Å². The van der Waals surface area contributed by atoms with Crippen LogP contribution >= 0.6 is 0 Å². The van der Waals surface area contributed by atoms with Crippen molar-refractivity contribution in [2.24, 2.45) is 5.73 Å². The van der Waals surface area contributed by atoms with Crippen molar-refractivity contribution in [3.05, 3.63) is 36.0 Å². The number of hydrogen-bond donors (Lipinski definition) is 3. The standard InChI is InChI=1S/C10H11N3O/c11-10(14)13-6-7-1-2-8-3-4-12-9(8)5-7/h1-5,12H,6H2,(H3,11,13,14). The molecule has 14 heavy (non-hydrogen) atoms. The molecule has 4 heteroatoms. The zero-order valence-corrected chi connectivity index (χ0v) is 7.58. The number of amides is 2. The van der Waals surface area contributed by atoms with Gasteiger partial charge in [0, 0.05) is 18.3 Å². The lowest BCUT2D eigenvalue weighted by molar-refractivity contribution is 0.248. The Balaban J connectivity index is 2.21. The zero-order valence-electron chi connectivity index (χ0n) is 7.58. The van der Waals surface area contributed by atoms with E-state index in [1.807, 2.05) is 30.5 Å². The Labute approximate surface area is 81.1 Å². The highest BCUT2D eigenvalue weighted by molar-refractivity contribution is 5.80. The average Bonchev–Trinajstić information content (AvgIpc) is 2.61. The van der Waals surface area contributed by atoms with Gasteiger partial charge in [0.2, 0.25) is 0 Å². The summed E-state index contributed by atoms with van der Waals surface area (Å²) in [5, 5.41) is 3.70. The minimum absolute atomic E-state index is 0.463. The second kappa shape index (κ2) is 3.41. The molecule has 0 bridgehead atoms. The van der Waals surface area contributed by atoms with Crippen molar-refractivity contribution in [1.82, 2.24) is 10.3 Å². The molecular weight excluding hydrogens is 178 g/mol. The van der Waals surface area contributed by atoms with Crippen molar-refractivity contribution >= 4 is 16.9 Å². The molecule has 2 aromatic rings. The second-order valence-corrected chi connectivity index (χ2v) is 3.12. The number of nitrogens with two attached hydrogens (primary N) is 1. The molecule has 0 saturated heterocycles. The van der Waals surface area contributed by atoms with Gasteiger partial charge in [-0.15, -0.1) is 0 Å². The van der Waals surface area contributed by atoms with Crippen LogP contribution in [0.2, 0.25) is 0 Å². The third-order valence-corrected chi connectivity index (χ3v) is 2.09. The van der Waals surface area contributed by atoms with Crippen molar-refractivity contribution in [2.75, 3.05) is 0 Å². The maximum atomic E-state index is 10.5. The molecule has 0 saturated carbocycles. The van der Waals surface area contributed by atoms with Gasteiger partial charge in [0.05, 0.1) is 0 Å². The van der Waals surface area contributed by atoms with Crippen LogP contribution < -0.4 is 11.1 Å². The largest absolute Gasteiger partial charge is 0.361 e. The average molecular weight is 189 g/mol. The minimum atomic E-state index is -0.503. The summed E-state index contributed by atoms with van der Waals surface area (Å²) in [7, 11) is 0. The molecule has 0 unspecified atom stereocenters. The van der Waals surface area contributed by atoms with Crippen LogP contribution in [-0.2, 0) is 6.54 Å². The summed E-state index contributed by atoms with van der Waals surface area (Å²) in [6.45, 7) is 0.463. The molecule has 4 nitrogen and oxygen atoms in total. The van der Waals surface area contributed by atoms with E-state index >= 15 is 0 Å². The van der Waals surface area contributed by atoms with Gasteiger partial charge in [0.1, 0.15) is 0 Å². The Morgan fingerprint density at radius 1 is 1.43 bits per heavy atom. The lowest BCUT2D eigenvalue weighted by atomic mass is 10.1. The van der Waals surface area contributed by atoms with Gasteiger partial charge >= 0.3 is 6.03 Å². The maximum absolute atomic E-state index is 10.5. The summed E-state index contributed by atoms with van der Waals surface area (Å²) >= 11 is 0. The molecule has 0 fully saturated rings. The summed E-state index contributed by atoms with van der Waals surface area (Å²) in [6, 6.07) is 7.46. The van der Waals surface area contributed by atoms with E-state index in [1.54, 1.807) is 0 Å². The summed E-state index contributed by atoms with van der Waals surface area (Å²) < 4.78 is 0. The van der Waals surface area contributed by atoms with E-state index in [4.69, 9.17) is 5.73 Å². The highest BCUT2D eigenvalue weighted by atomic mass is 16.2. The molecule has 0 atom stereocenters. The van der Waals surface area contributed by atoms with E-state index in [0.29, 0.717) is 6.54 Å². The van der Waals surface area contributed by atoms with E-state index in [0.717, 1.165) is 16.5 Å². The Kier molecular flexibility index (Phi) is 2.10. The van der Waals surface area contributed by atoms with E-state index in [1.165, 1.54) is 0 Å². The van der Waals surface area contributed by atoms with Gasteiger partial charge in [-0.25, -0.2) is 4.79 Å². The summed E-state index contributed by atoms with van der Waals surface area (Å²) in [4.78, 5) is 13.6. The molecule has 0 spiro atoms. The van der Waals surface area contributed by atoms with Crippen LogP contribution in [0.15, 0.2) is 30.5 Å². The number of H-pyrrole nitrogens is 1. The van der Waals surface area contributed by atoms with Gasteiger partial charge < -0.3 is 16.0 Å². The number of primary amides is 1. The molecule has 1 heterocycles. The lowest BCUT2D eigenvalue weighted by Gasteiger charge is -2.01. The first kappa shape index (κ1) is 8.62. The monoisotopic (exact) mass is 189 g/mol. The van der Waals surface area contributed by atoms with Crippen LogP contribution in [0.5, 0.6) is 0 Å². The first-order chi connectivity index (χ1) is 6.75. The van der Waals surface area contributed by atoms with Gasteiger partial charge in [-0.3, -0.25) is 0 Å². The number of fused-ring (bicyclic) bond motifs is 1. The predicted molar refractivity (Wildman–Crippen MR) is 54.7 cm³/mol. The fraction of sp³-hybridized carbons (Fsp3) is 0.100. The van der Waals surface area contributed by atoms with Crippen molar-refractivity contribution in [1.29, 1.82) is 0 Å². The highest BCUT2D eigenvalue weighted by Gasteiger charge is 1.97. The number of aromatic amines is 1. The van der Waals surface area contributed by atoms with Crippen LogP contribution in [0.4, 0.5) is 4.79 Å². The van der Waals surface area contributed by atoms with Crippen LogP contribution in [0.25, 0.3) is 10.9 Å². The Bertz CT molecular complexity index is 461. The predicted octanol–water partition coefficient (Wildman–Crippen LogP) is 1.34. The van der Waals surface area contributed by atoms with Crippen LogP contribution in [0.3, 0.4) is 0 Å². The van der Waals surface area contributed by atoms with Gasteiger partial charge in [-0.1, -0.05) is 12.1 Å². The molecule has 72 valence electrons. The first-order valence-corrected chi connectivity index (χ1v) is 4.35. The van der Waals surface area contributed by atoms with Crippen molar-refractivity contribution in [2.45, 2.75) is 6.54 Å². The number of carbonyl (C=O) groups is 1. The lowest BCUT2D eigenvalue weighted by Crippen LogP contribution is -2.28. The SMILES string of the molecule is NC(=O)NCc1ccc2cc[nH]c2c1. The zero-order chi connectivity index (χ0) is 9.97. The summed E-state index contributed by atoms with van der Waals surface area (Å²) in [6.07, 6.45) is 1.88. The van der Waals surface area contributed by atoms with Gasteiger partial charge in [-0.2, -0.15) is 0 Å². The molecule has 4 N–H and O–H groups in total. The smallest absolute Gasteiger partial charge is 0.312 e. The molecule has 1 aromatic carbocycles.